The molecule has 5 heteroatoms. The lowest BCUT2D eigenvalue weighted by atomic mass is 10.1. The molecule has 0 heterocycles. The molecule has 2 rings (SSSR count). The van der Waals surface area contributed by atoms with E-state index in [1.807, 2.05) is 6.92 Å². The zero-order chi connectivity index (χ0) is 14.7. The lowest BCUT2D eigenvalue weighted by molar-refractivity contribution is 0.286. The van der Waals surface area contributed by atoms with Gasteiger partial charge in [0.2, 0.25) is 0 Å². The number of rotatable bonds is 4. The summed E-state index contributed by atoms with van der Waals surface area (Å²) >= 11 is 5.91. The van der Waals surface area contributed by atoms with E-state index < -0.39 is 17.7 Å². The fourth-order valence-corrected chi connectivity index (χ4v) is 1.91. The molecule has 2 N–H and O–H groups in total. The quantitative estimate of drug-likeness (QED) is 0.925. The van der Waals surface area contributed by atoms with E-state index in [4.69, 9.17) is 22.1 Å². The third kappa shape index (κ3) is 3.26. The predicted octanol–water partition coefficient (Wildman–Crippen LogP) is 4.01. The van der Waals surface area contributed by atoms with Crippen LogP contribution in [0, 0.1) is 18.6 Å². The van der Waals surface area contributed by atoms with E-state index in [0.717, 1.165) is 11.6 Å². The molecule has 0 radical (unpaired) electrons. The maximum atomic E-state index is 13.6. The van der Waals surface area contributed by atoms with Gasteiger partial charge in [0.05, 0.1) is 6.04 Å². The van der Waals surface area contributed by atoms with Crippen molar-refractivity contribution in [3.05, 3.63) is 64.2 Å². The van der Waals surface area contributed by atoms with Gasteiger partial charge in [-0.3, -0.25) is 0 Å². The standard InChI is InChI=1S/C15H14ClF2NO/c1-9-7-10(5-6-12(9)16)20-8-14(19)11-3-2-4-13(17)15(11)18/h2-7,14H,8,19H2,1H3. The number of halogens is 3. The molecule has 1 atom stereocenters. The first-order chi connectivity index (χ1) is 9.49. The average molecular weight is 298 g/mol. The lowest BCUT2D eigenvalue weighted by Gasteiger charge is -2.15. The molecule has 0 bridgehead atoms. The molecule has 0 aliphatic rings. The molecule has 0 aliphatic heterocycles. The highest BCUT2D eigenvalue weighted by Gasteiger charge is 2.15. The molecule has 2 aromatic rings. The van der Waals surface area contributed by atoms with Crippen molar-refractivity contribution in [1.82, 2.24) is 0 Å². The predicted molar refractivity (Wildman–Crippen MR) is 75.0 cm³/mol. The molecule has 0 saturated carbocycles. The monoisotopic (exact) mass is 297 g/mol. The topological polar surface area (TPSA) is 35.2 Å². The number of hydrogen-bond acceptors (Lipinski definition) is 2. The average Bonchev–Trinajstić information content (AvgIpc) is 2.43. The second kappa shape index (κ2) is 6.20. The van der Waals surface area contributed by atoms with Crippen LogP contribution in [0.25, 0.3) is 0 Å². The molecule has 2 nitrogen and oxygen atoms in total. The summed E-state index contributed by atoms with van der Waals surface area (Å²) in [7, 11) is 0. The summed E-state index contributed by atoms with van der Waals surface area (Å²) in [6.45, 7) is 1.89. The zero-order valence-electron chi connectivity index (χ0n) is 10.9. The highest BCUT2D eigenvalue weighted by molar-refractivity contribution is 6.31. The van der Waals surface area contributed by atoms with Gasteiger partial charge in [-0.05, 0) is 36.8 Å². The molecular formula is C15H14ClF2NO. The third-order valence-corrected chi connectivity index (χ3v) is 3.36. The first-order valence-corrected chi connectivity index (χ1v) is 6.45. The molecule has 2 aromatic carbocycles. The van der Waals surface area contributed by atoms with Crippen LogP contribution in [0.15, 0.2) is 36.4 Å². The van der Waals surface area contributed by atoms with E-state index in [9.17, 15) is 8.78 Å². The second-order valence-corrected chi connectivity index (χ2v) is 4.88. The zero-order valence-corrected chi connectivity index (χ0v) is 11.6. The van der Waals surface area contributed by atoms with Gasteiger partial charge in [-0.1, -0.05) is 23.7 Å². The summed E-state index contributed by atoms with van der Waals surface area (Å²) in [5.74, 6) is -1.27. The first-order valence-electron chi connectivity index (χ1n) is 6.07. The van der Waals surface area contributed by atoms with Gasteiger partial charge < -0.3 is 10.5 Å². The molecule has 106 valence electrons. The minimum Gasteiger partial charge on any atom is -0.492 e. The summed E-state index contributed by atoms with van der Waals surface area (Å²) < 4.78 is 32.2. The van der Waals surface area contributed by atoms with Gasteiger partial charge in [0.1, 0.15) is 12.4 Å². The number of hydrogen-bond donors (Lipinski definition) is 1. The molecule has 0 aromatic heterocycles. The molecule has 0 aliphatic carbocycles. The van der Waals surface area contributed by atoms with Gasteiger partial charge in [0.25, 0.3) is 0 Å². The molecule has 1 unspecified atom stereocenters. The summed E-state index contributed by atoms with van der Waals surface area (Å²) in [6, 6.07) is 8.33. The van der Waals surface area contributed by atoms with Crippen LogP contribution in [-0.4, -0.2) is 6.61 Å². The normalized spacial score (nSPS) is 12.2. The van der Waals surface area contributed by atoms with Crippen molar-refractivity contribution in [2.45, 2.75) is 13.0 Å². The molecular weight excluding hydrogens is 284 g/mol. The highest BCUT2D eigenvalue weighted by Crippen LogP contribution is 2.23. The van der Waals surface area contributed by atoms with Crippen LogP contribution in [0.5, 0.6) is 5.75 Å². The Bertz CT molecular complexity index is 619. The van der Waals surface area contributed by atoms with Crippen molar-refractivity contribution in [3.8, 4) is 5.75 Å². The Morgan fingerprint density at radius 3 is 2.70 bits per heavy atom. The van der Waals surface area contributed by atoms with Crippen LogP contribution >= 0.6 is 11.6 Å². The number of aryl methyl sites for hydroxylation is 1. The van der Waals surface area contributed by atoms with Crippen LogP contribution in [-0.2, 0) is 0 Å². The Morgan fingerprint density at radius 2 is 2.00 bits per heavy atom. The summed E-state index contributed by atoms with van der Waals surface area (Å²) in [4.78, 5) is 0. The summed E-state index contributed by atoms with van der Waals surface area (Å²) in [6.07, 6.45) is 0. The van der Waals surface area contributed by atoms with Gasteiger partial charge >= 0.3 is 0 Å². The van der Waals surface area contributed by atoms with E-state index >= 15 is 0 Å². The van der Waals surface area contributed by atoms with Crippen molar-refractivity contribution in [2.75, 3.05) is 6.61 Å². The molecule has 0 saturated heterocycles. The SMILES string of the molecule is Cc1cc(OCC(N)c2cccc(F)c2F)ccc1Cl. The summed E-state index contributed by atoms with van der Waals surface area (Å²) in [5, 5.41) is 0.637. The van der Waals surface area contributed by atoms with Crippen LogP contribution in [0.4, 0.5) is 8.78 Å². The van der Waals surface area contributed by atoms with Crippen molar-refractivity contribution in [3.63, 3.8) is 0 Å². The van der Waals surface area contributed by atoms with E-state index in [0.29, 0.717) is 10.8 Å². The molecule has 20 heavy (non-hydrogen) atoms. The molecule has 0 spiro atoms. The Morgan fingerprint density at radius 1 is 1.25 bits per heavy atom. The van der Waals surface area contributed by atoms with Crippen LogP contribution in [0.2, 0.25) is 5.02 Å². The van der Waals surface area contributed by atoms with Crippen molar-refractivity contribution in [2.24, 2.45) is 5.73 Å². The summed E-state index contributed by atoms with van der Waals surface area (Å²) in [5.41, 5.74) is 6.79. The van der Waals surface area contributed by atoms with Gasteiger partial charge in [0, 0.05) is 10.6 Å². The second-order valence-electron chi connectivity index (χ2n) is 4.47. The largest absolute Gasteiger partial charge is 0.492 e. The fourth-order valence-electron chi connectivity index (χ4n) is 1.79. The van der Waals surface area contributed by atoms with Crippen molar-refractivity contribution in [1.29, 1.82) is 0 Å². The third-order valence-electron chi connectivity index (χ3n) is 2.94. The van der Waals surface area contributed by atoms with Gasteiger partial charge in [-0.2, -0.15) is 0 Å². The van der Waals surface area contributed by atoms with Gasteiger partial charge in [-0.15, -0.1) is 0 Å². The Labute approximate surface area is 121 Å². The Kier molecular flexibility index (Phi) is 4.57. The van der Waals surface area contributed by atoms with E-state index in [1.165, 1.54) is 12.1 Å². The molecule has 0 amide bonds. The van der Waals surface area contributed by atoms with E-state index in [1.54, 1.807) is 18.2 Å². The van der Waals surface area contributed by atoms with Crippen LogP contribution in [0.3, 0.4) is 0 Å². The van der Waals surface area contributed by atoms with E-state index in [-0.39, 0.29) is 12.2 Å². The maximum Gasteiger partial charge on any atom is 0.163 e. The number of benzene rings is 2. The Balaban J connectivity index is 2.06. The minimum atomic E-state index is -0.934. The highest BCUT2D eigenvalue weighted by atomic mass is 35.5. The van der Waals surface area contributed by atoms with Gasteiger partial charge in [0.15, 0.2) is 11.6 Å². The Hall–Kier alpha value is -1.65. The van der Waals surface area contributed by atoms with Crippen LogP contribution < -0.4 is 10.5 Å². The lowest BCUT2D eigenvalue weighted by Crippen LogP contribution is -2.20. The van der Waals surface area contributed by atoms with Crippen molar-refractivity contribution < 1.29 is 13.5 Å². The fraction of sp³-hybridized carbons (Fsp3) is 0.200. The smallest absolute Gasteiger partial charge is 0.163 e. The number of nitrogens with two attached hydrogens (primary N) is 1. The first kappa shape index (κ1) is 14.8. The molecule has 0 fully saturated rings. The maximum absolute atomic E-state index is 13.6. The minimum absolute atomic E-state index is 0.0431. The number of ether oxygens (including phenoxy) is 1. The van der Waals surface area contributed by atoms with Crippen LogP contribution in [0.1, 0.15) is 17.2 Å². The van der Waals surface area contributed by atoms with Gasteiger partial charge in [-0.25, -0.2) is 8.78 Å². The van der Waals surface area contributed by atoms with Crippen molar-refractivity contribution >= 4 is 11.6 Å². The van der Waals surface area contributed by atoms with E-state index in [2.05, 4.69) is 0 Å².